The summed E-state index contributed by atoms with van der Waals surface area (Å²) in [6, 6.07) is 6.85. The summed E-state index contributed by atoms with van der Waals surface area (Å²) in [5.41, 5.74) is 5.55. The molecule has 0 saturated heterocycles. The molecule has 0 aliphatic carbocycles. The van der Waals surface area contributed by atoms with E-state index in [1.807, 2.05) is 13.0 Å². The number of rotatable bonds is 3. The molecule has 1 nitrogen and oxygen atoms in total. The van der Waals surface area contributed by atoms with Gasteiger partial charge in [0.2, 0.25) is 0 Å². The minimum atomic E-state index is -0.164. The number of benzene rings is 1. The Morgan fingerprint density at radius 1 is 1.50 bits per heavy atom. The summed E-state index contributed by atoms with van der Waals surface area (Å²) in [6.45, 7) is 1.91. The van der Waals surface area contributed by atoms with E-state index >= 15 is 0 Å². The SMILES string of the molecule is CC(N)CSc1ccccc1F. The van der Waals surface area contributed by atoms with Gasteiger partial charge < -0.3 is 5.73 Å². The molecular formula is C9H12FNS. The Kier molecular flexibility index (Phi) is 3.56. The van der Waals surface area contributed by atoms with Crippen molar-refractivity contribution in [1.82, 2.24) is 0 Å². The molecule has 1 unspecified atom stereocenters. The average molecular weight is 185 g/mol. The van der Waals surface area contributed by atoms with Crippen LogP contribution < -0.4 is 5.73 Å². The maximum Gasteiger partial charge on any atom is 0.136 e. The van der Waals surface area contributed by atoms with Crippen LogP contribution in [0, 0.1) is 5.82 Å². The van der Waals surface area contributed by atoms with Gasteiger partial charge in [-0.05, 0) is 19.1 Å². The Bertz CT molecular complexity index is 250. The monoisotopic (exact) mass is 185 g/mol. The Morgan fingerprint density at radius 2 is 2.17 bits per heavy atom. The molecule has 0 saturated carbocycles. The number of halogens is 1. The van der Waals surface area contributed by atoms with Gasteiger partial charge >= 0.3 is 0 Å². The zero-order valence-corrected chi connectivity index (χ0v) is 7.77. The maximum atomic E-state index is 13.0. The molecule has 2 N–H and O–H groups in total. The van der Waals surface area contributed by atoms with Gasteiger partial charge in [0.05, 0.1) is 0 Å². The summed E-state index contributed by atoms with van der Waals surface area (Å²) < 4.78 is 13.0. The summed E-state index contributed by atoms with van der Waals surface area (Å²) in [5.74, 6) is 0.587. The Labute approximate surface area is 76.2 Å². The van der Waals surface area contributed by atoms with E-state index < -0.39 is 0 Å². The zero-order chi connectivity index (χ0) is 8.97. The van der Waals surface area contributed by atoms with E-state index in [0.29, 0.717) is 4.90 Å². The fourth-order valence-corrected chi connectivity index (χ4v) is 1.61. The van der Waals surface area contributed by atoms with Gasteiger partial charge in [-0.15, -0.1) is 11.8 Å². The first-order chi connectivity index (χ1) is 5.70. The molecule has 1 aromatic rings. The quantitative estimate of drug-likeness (QED) is 0.731. The summed E-state index contributed by atoms with van der Waals surface area (Å²) in [5, 5.41) is 0. The van der Waals surface area contributed by atoms with Crippen LogP contribution in [0.4, 0.5) is 4.39 Å². The van der Waals surface area contributed by atoms with E-state index in [0.717, 1.165) is 5.75 Å². The van der Waals surface area contributed by atoms with Crippen LogP contribution in [0.1, 0.15) is 6.92 Å². The van der Waals surface area contributed by atoms with Gasteiger partial charge in [0.15, 0.2) is 0 Å². The lowest BCUT2D eigenvalue weighted by molar-refractivity contribution is 0.602. The van der Waals surface area contributed by atoms with Gasteiger partial charge in [-0.3, -0.25) is 0 Å². The highest BCUT2D eigenvalue weighted by molar-refractivity contribution is 7.99. The highest BCUT2D eigenvalue weighted by Crippen LogP contribution is 2.21. The van der Waals surface area contributed by atoms with Crippen molar-refractivity contribution in [2.75, 3.05) is 5.75 Å². The third-order valence-electron chi connectivity index (χ3n) is 1.34. The summed E-state index contributed by atoms with van der Waals surface area (Å²) in [6.07, 6.45) is 0. The Hall–Kier alpha value is -0.540. The summed E-state index contributed by atoms with van der Waals surface area (Å²) in [7, 11) is 0. The van der Waals surface area contributed by atoms with Crippen molar-refractivity contribution < 1.29 is 4.39 Å². The van der Waals surface area contributed by atoms with Crippen LogP contribution in [0.5, 0.6) is 0 Å². The number of hydrogen-bond acceptors (Lipinski definition) is 2. The van der Waals surface area contributed by atoms with Gasteiger partial charge in [0, 0.05) is 16.7 Å². The smallest absolute Gasteiger partial charge is 0.136 e. The second-order valence-corrected chi connectivity index (χ2v) is 3.78. The predicted molar refractivity (Wildman–Crippen MR) is 50.8 cm³/mol. The second-order valence-electron chi connectivity index (χ2n) is 2.72. The van der Waals surface area contributed by atoms with E-state index in [4.69, 9.17) is 5.73 Å². The molecule has 0 heterocycles. The van der Waals surface area contributed by atoms with Crippen LogP contribution in [0.15, 0.2) is 29.2 Å². The summed E-state index contributed by atoms with van der Waals surface area (Å²) >= 11 is 1.46. The molecular weight excluding hydrogens is 173 g/mol. The minimum absolute atomic E-state index is 0.106. The van der Waals surface area contributed by atoms with E-state index in [2.05, 4.69) is 0 Å². The standard InChI is InChI=1S/C9H12FNS/c1-7(11)6-12-9-5-3-2-4-8(9)10/h2-5,7H,6,11H2,1H3. The van der Waals surface area contributed by atoms with Crippen molar-refractivity contribution >= 4 is 11.8 Å². The lowest BCUT2D eigenvalue weighted by Crippen LogP contribution is -2.17. The van der Waals surface area contributed by atoms with Gasteiger partial charge in [-0.25, -0.2) is 4.39 Å². The van der Waals surface area contributed by atoms with Crippen molar-refractivity contribution in [3.63, 3.8) is 0 Å². The average Bonchev–Trinajstić information content (AvgIpc) is 2.03. The third kappa shape index (κ3) is 2.83. The molecule has 0 aliphatic rings. The second kappa shape index (κ2) is 4.48. The lowest BCUT2D eigenvalue weighted by atomic mass is 10.3. The molecule has 3 heteroatoms. The first-order valence-electron chi connectivity index (χ1n) is 3.83. The molecule has 66 valence electrons. The predicted octanol–water partition coefficient (Wildman–Crippen LogP) is 2.27. The van der Waals surface area contributed by atoms with Crippen LogP contribution >= 0.6 is 11.8 Å². The van der Waals surface area contributed by atoms with Crippen molar-refractivity contribution in [3.05, 3.63) is 30.1 Å². The Balaban J connectivity index is 2.57. The van der Waals surface area contributed by atoms with Crippen LogP contribution in [0.3, 0.4) is 0 Å². The highest BCUT2D eigenvalue weighted by Gasteiger charge is 2.01. The molecule has 1 atom stereocenters. The van der Waals surface area contributed by atoms with Crippen molar-refractivity contribution in [2.24, 2.45) is 5.73 Å². The van der Waals surface area contributed by atoms with Crippen molar-refractivity contribution in [3.8, 4) is 0 Å². The highest BCUT2D eigenvalue weighted by atomic mass is 32.2. The molecule has 1 rings (SSSR count). The van der Waals surface area contributed by atoms with E-state index in [1.165, 1.54) is 17.8 Å². The fraction of sp³-hybridized carbons (Fsp3) is 0.333. The molecule has 0 amide bonds. The molecule has 0 aromatic heterocycles. The largest absolute Gasteiger partial charge is 0.327 e. The fourth-order valence-electron chi connectivity index (χ4n) is 0.783. The maximum absolute atomic E-state index is 13.0. The molecule has 1 aromatic carbocycles. The number of nitrogens with two attached hydrogens (primary N) is 1. The van der Waals surface area contributed by atoms with Gasteiger partial charge in [-0.2, -0.15) is 0 Å². The van der Waals surface area contributed by atoms with Gasteiger partial charge in [0.25, 0.3) is 0 Å². The molecule has 0 aliphatic heterocycles. The van der Waals surface area contributed by atoms with Crippen LogP contribution in [-0.4, -0.2) is 11.8 Å². The molecule has 0 fully saturated rings. The van der Waals surface area contributed by atoms with Crippen LogP contribution in [0.25, 0.3) is 0 Å². The molecule has 0 bridgehead atoms. The van der Waals surface area contributed by atoms with E-state index in [9.17, 15) is 4.39 Å². The topological polar surface area (TPSA) is 26.0 Å². The first kappa shape index (κ1) is 9.55. The van der Waals surface area contributed by atoms with Crippen LogP contribution in [-0.2, 0) is 0 Å². The van der Waals surface area contributed by atoms with Crippen LogP contribution in [0.2, 0.25) is 0 Å². The van der Waals surface area contributed by atoms with Crippen molar-refractivity contribution in [2.45, 2.75) is 17.9 Å². The first-order valence-corrected chi connectivity index (χ1v) is 4.81. The van der Waals surface area contributed by atoms with Crippen molar-refractivity contribution in [1.29, 1.82) is 0 Å². The number of thioether (sulfide) groups is 1. The molecule has 12 heavy (non-hydrogen) atoms. The summed E-state index contributed by atoms with van der Waals surface area (Å²) in [4.78, 5) is 0.676. The van der Waals surface area contributed by atoms with E-state index in [1.54, 1.807) is 12.1 Å². The van der Waals surface area contributed by atoms with Gasteiger partial charge in [0.1, 0.15) is 5.82 Å². The number of hydrogen-bond donors (Lipinski definition) is 1. The normalized spacial score (nSPS) is 12.9. The lowest BCUT2D eigenvalue weighted by Gasteiger charge is -2.04. The van der Waals surface area contributed by atoms with E-state index in [-0.39, 0.29) is 11.9 Å². The van der Waals surface area contributed by atoms with Gasteiger partial charge in [-0.1, -0.05) is 12.1 Å². The zero-order valence-electron chi connectivity index (χ0n) is 6.96. The molecule has 0 spiro atoms. The third-order valence-corrected chi connectivity index (χ3v) is 2.67. The Morgan fingerprint density at radius 3 is 2.75 bits per heavy atom. The molecule has 0 radical (unpaired) electrons. The minimum Gasteiger partial charge on any atom is -0.327 e.